The van der Waals surface area contributed by atoms with E-state index in [1.165, 1.54) is 12.8 Å². The van der Waals surface area contributed by atoms with Crippen LogP contribution < -0.4 is 0 Å². The molecule has 2 bridgehead atoms. The van der Waals surface area contributed by atoms with Crippen LogP contribution >= 0.6 is 0 Å². The van der Waals surface area contributed by atoms with Gasteiger partial charge in [-0.2, -0.15) is 0 Å². The highest BCUT2D eigenvalue weighted by Gasteiger charge is 2.46. The molecule has 0 aromatic heterocycles. The quantitative estimate of drug-likeness (QED) is 0.578. The van der Waals surface area contributed by atoms with Crippen molar-refractivity contribution in [3.05, 3.63) is 0 Å². The smallest absolute Gasteiger partial charge is 0.418 e. The van der Waals surface area contributed by atoms with Crippen LogP contribution in [0.3, 0.4) is 0 Å². The first-order valence-corrected chi connectivity index (χ1v) is 3.90. The van der Waals surface area contributed by atoms with Gasteiger partial charge in [0.15, 0.2) is 0 Å². The molecule has 0 unspecified atom stereocenters. The molecule has 0 saturated heterocycles. The molecule has 55 valence electrons. The zero-order chi connectivity index (χ0) is 7.03. The molecule has 1 radical (unpaired) electrons. The Kier molecular flexibility index (Phi) is 1.22. The summed E-state index contributed by atoms with van der Waals surface area (Å²) >= 11 is 0. The van der Waals surface area contributed by atoms with E-state index in [0.29, 0.717) is 0 Å². The van der Waals surface area contributed by atoms with Crippen molar-refractivity contribution in [2.75, 3.05) is 0 Å². The van der Waals surface area contributed by atoms with Gasteiger partial charge in [0.05, 0.1) is 0 Å². The molecule has 0 aliphatic heterocycles. The minimum Gasteiger partial charge on any atom is -0.451 e. The van der Waals surface area contributed by atoms with Crippen molar-refractivity contribution >= 4 is 6.47 Å². The van der Waals surface area contributed by atoms with Gasteiger partial charge in [-0.25, -0.2) is 4.79 Å². The molecular weight excluding hydrogens is 128 g/mol. The summed E-state index contributed by atoms with van der Waals surface area (Å²) in [6.45, 7) is 1.58. The molecule has 0 aromatic carbocycles. The van der Waals surface area contributed by atoms with Crippen molar-refractivity contribution in [2.45, 2.75) is 37.7 Å². The van der Waals surface area contributed by atoms with Gasteiger partial charge < -0.3 is 4.74 Å². The van der Waals surface area contributed by atoms with Crippen LogP contribution in [-0.4, -0.2) is 12.1 Å². The van der Waals surface area contributed by atoms with Crippen LogP contribution in [0.25, 0.3) is 0 Å². The Morgan fingerprint density at radius 2 is 2.10 bits per heavy atom. The highest BCUT2D eigenvalue weighted by Crippen LogP contribution is 2.49. The first kappa shape index (κ1) is 6.20. The third-order valence-corrected chi connectivity index (χ3v) is 2.94. The normalized spacial score (nSPS) is 43.8. The predicted octanol–water partition coefficient (Wildman–Crippen LogP) is 1.40. The van der Waals surface area contributed by atoms with E-state index in [4.69, 9.17) is 4.74 Å². The minimum atomic E-state index is -0.0631. The topological polar surface area (TPSA) is 26.3 Å². The first-order chi connectivity index (χ1) is 4.85. The Bertz CT molecular complexity index is 145. The summed E-state index contributed by atoms with van der Waals surface area (Å²) in [7, 11) is 0. The lowest BCUT2D eigenvalue weighted by Gasteiger charge is -2.22. The van der Waals surface area contributed by atoms with Crippen molar-refractivity contribution in [3.63, 3.8) is 0 Å². The Balaban J connectivity index is 2.07. The molecule has 0 aromatic rings. The predicted molar refractivity (Wildman–Crippen MR) is 36.1 cm³/mol. The number of hydrogen-bond donors (Lipinski definition) is 0. The van der Waals surface area contributed by atoms with E-state index in [-0.39, 0.29) is 5.60 Å². The van der Waals surface area contributed by atoms with Crippen LogP contribution in [0.15, 0.2) is 0 Å². The molecule has 0 heterocycles. The van der Waals surface area contributed by atoms with Gasteiger partial charge in [0.2, 0.25) is 0 Å². The van der Waals surface area contributed by atoms with E-state index in [1.807, 2.05) is 0 Å². The Labute approximate surface area is 60.6 Å². The Morgan fingerprint density at radius 3 is 2.50 bits per heavy atom. The zero-order valence-corrected chi connectivity index (χ0v) is 5.93. The Morgan fingerprint density at radius 1 is 1.40 bits per heavy atom. The molecule has 2 rings (SSSR count). The van der Waals surface area contributed by atoms with Crippen molar-refractivity contribution in [3.8, 4) is 0 Å². The molecule has 0 amide bonds. The summed E-state index contributed by atoms with van der Waals surface area (Å²) < 4.78 is 4.98. The van der Waals surface area contributed by atoms with Crippen molar-refractivity contribution in [1.29, 1.82) is 0 Å². The zero-order valence-electron chi connectivity index (χ0n) is 5.93. The van der Waals surface area contributed by atoms with Crippen LogP contribution in [0.4, 0.5) is 0 Å². The SMILES string of the molecule is O=[C]OC12CCC(CC1)C2. The average Bonchev–Trinajstić information content (AvgIpc) is 2.46. The molecular formula is C8H11O2. The monoisotopic (exact) mass is 139 g/mol. The van der Waals surface area contributed by atoms with Gasteiger partial charge in [-0.15, -0.1) is 0 Å². The number of rotatable bonds is 2. The summed E-state index contributed by atoms with van der Waals surface area (Å²) in [5, 5.41) is 0. The maximum atomic E-state index is 10.00. The largest absolute Gasteiger partial charge is 0.451 e. The average molecular weight is 139 g/mol. The highest BCUT2D eigenvalue weighted by atomic mass is 16.5. The molecule has 2 aliphatic rings. The molecule has 10 heavy (non-hydrogen) atoms. The maximum absolute atomic E-state index is 10.00. The van der Waals surface area contributed by atoms with Crippen LogP contribution in [0.2, 0.25) is 0 Å². The van der Waals surface area contributed by atoms with E-state index in [1.54, 1.807) is 6.47 Å². The molecule has 2 saturated carbocycles. The lowest BCUT2D eigenvalue weighted by Crippen LogP contribution is -2.25. The van der Waals surface area contributed by atoms with Crippen LogP contribution in [0.1, 0.15) is 32.1 Å². The van der Waals surface area contributed by atoms with Gasteiger partial charge in [0.25, 0.3) is 0 Å². The standard InChI is InChI=1S/C8H11O2/c9-6-10-8-3-1-7(5-8)2-4-8/h7H,1-5H2. The highest BCUT2D eigenvalue weighted by molar-refractivity contribution is 5.40. The van der Waals surface area contributed by atoms with E-state index < -0.39 is 0 Å². The molecule has 2 heteroatoms. The van der Waals surface area contributed by atoms with E-state index in [0.717, 1.165) is 25.2 Å². The molecule has 0 spiro atoms. The van der Waals surface area contributed by atoms with Gasteiger partial charge in [-0.1, -0.05) is 0 Å². The molecule has 0 N–H and O–H groups in total. The van der Waals surface area contributed by atoms with Gasteiger partial charge in [-0.3, -0.25) is 0 Å². The van der Waals surface area contributed by atoms with Gasteiger partial charge in [0, 0.05) is 0 Å². The second-order valence-electron chi connectivity index (χ2n) is 3.52. The van der Waals surface area contributed by atoms with Gasteiger partial charge in [0.1, 0.15) is 5.60 Å². The van der Waals surface area contributed by atoms with Crippen molar-refractivity contribution in [1.82, 2.24) is 0 Å². The second-order valence-corrected chi connectivity index (χ2v) is 3.52. The number of ether oxygens (including phenoxy) is 1. The number of hydrogen-bond acceptors (Lipinski definition) is 2. The third-order valence-electron chi connectivity index (χ3n) is 2.94. The second kappa shape index (κ2) is 1.97. The number of fused-ring (bicyclic) bond motifs is 2. The molecule has 2 fully saturated rings. The lowest BCUT2D eigenvalue weighted by molar-refractivity contribution is 0.0621. The van der Waals surface area contributed by atoms with E-state index in [2.05, 4.69) is 0 Å². The van der Waals surface area contributed by atoms with E-state index in [9.17, 15) is 4.79 Å². The summed E-state index contributed by atoms with van der Waals surface area (Å²) in [4.78, 5) is 10.00. The lowest BCUT2D eigenvalue weighted by atomic mass is 9.97. The summed E-state index contributed by atoms with van der Waals surface area (Å²) in [6, 6.07) is 0. The van der Waals surface area contributed by atoms with Crippen LogP contribution in [0.5, 0.6) is 0 Å². The fraction of sp³-hybridized carbons (Fsp3) is 0.875. The summed E-state index contributed by atoms with van der Waals surface area (Å²) in [5.74, 6) is 0.841. The molecule has 2 nitrogen and oxygen atoms in total. The minimum absolute atomic E-state index is 0.0631. The first-order valence-electron chi connectivity index (χ1n) is 3.90. The fourth-order valence-electron chi connectivity index (χ4n) is 2.37. The number of carbonyl (C=O) groups excluding carboxylic acids is 1. The van der Waals surface area contributed by atoms with Crippen LogP contribution in [0, 0.1) is 5.92 Å². The van der Waals surface area contributed by atoms with Crippen LogP contribution in [-0.2, 0) is 9.53 Å². The Hall–Kier alpha value is -0.530. The molecule has 2 aliphatic carbocycles. The molecule has 0 atom stereocenters. The van der Waals surface area contributed by atoms with Crippen molar-refractivity contribution in [2.24, 2.45) is 5.92 Å². The van der Waals surface area contributed by atoms with Crippen molar-refractivity contribution < 1.29 is 9.53 Å². The third kappa shape index (κ3) is 0.746. The fourth-order valence-corrected chi connectivity index (χ4v) is 2.37. The summed E-state index contributed by atoms with van der Waals surface area (Å²) in [6.07, 6.45) is 5.76. The van der Waals surface area contributed by atoms with E-state index >= 15 is 0 Å². The van der Waals surface area contributed by atoms with Gasteiger partial charge in [-0.05, 0) is 38.0 Å². The maximum Gasteiger partial charge on any atom is 0.418 e. The van der Waals surface area contributed by atoms with Gasteiger partial charge >= 0.3 is 6.47 Å². The summed E-state index contributed by atoms with van der Waals surface area (Å²) in [5.41, 5.74) is -0.0631.